The standard InChI is InChI=1S/C19H19ClN4O2/c1-10-11(2)21-19(20)23-17(10)25-12(3)13-4-6-14(7-5-13)16-22-18(26-24-16)15-8-9-15/h4-7,12,15H,8-9H2,1-3H3/t12-/m0/s1. The van der Waals surface area contributed by atoms with Crippen molar-refractivity contribution < 1.29 is 9.26 Å². The number of hydrogen-bond acceptors (Lipinski definition) is 6. The Morgan fingerprint density at radius 2 is 1.85 bits per heavy atom. The minimum absolute atomic E-state index is 0.180. The first-order valence-electron chi connectivity index (χ1n) is 8.62. The number of ether oxygens (including phenoxy) is 1. The summed E-state index contributed by atoms with van der Waals surface area (Å²) in [6.45, 7) is 5.78. The van der Waals surface area contributed by atoms with Crippen LogP contribution in [0.4, 0.5) is 0 Å². The zero-order valence-corrected chi connectivity index (χ0v) is 15.6. The fourth-order valence-electron chi connectivity index (χ4n) is 2.67. The van der Waals surface area contributed by atoms with Gasteiger partial charge in [0.1, 0.15) is 6.10 Å². The van der Waals surface area contributed by atoms with Gasteiger partial charge in [-0.05, 0) is 50.8 Å². The minimum Gasteiger partial charge on any atom is -0.469 e. The van der Waals surface area contributed by atoms with Crippen LogP contribution in [-0.2, 0) is 0 Å². The lowest BCUT2D eigenvalue weighted by Crippen LogP contribution is -2.07. The molecule has 2 heterocycles. The molecule has 0 unspecified atom stereocenters. The highest BCUT2D eigenvalue weighted by atomic mass is 35.5. The molecule has 0 saturated heterocycles. The van der Waals surface area contributed by atoms with Crippen molar-refractivity contribution in [2.75, 3.05) is 0 Å². The maximum absolute atomic E-state index is 6.00. The van der Waals surface area contributed by atoms with Gasteiger partial charge in [0.05, 0.1) is 0 Å². The van der Waals surface area contributed by atoms with E-state index in [1.807, 2.05) is 45.0 Å². The van der Waals surface area contributed by atoms with Gasteiger partial charge in [0.15, 0.2) is 0 Å². The van der Waals surface area contributed by atoms with Crippen LogP contribution in [0.5, 0.6) is 5.88 Å². The molecule has 1 saturated carbocycles. The van der Waals surface area contributed by atoms with Crippen LogP contribution in [0.2, 0.25) is 5.28 Å². The molecule has 0 aliphatic heterocycles. The first kappa shape index (κ1) is 17.0. The van der Waals surface area contributed by atoms with Crippen LogP contribution in [0, 0.1) is 13.8 Å². The quantitative estimate of drug-likeness (QED) is 0.600. The Morgan fingerprint density at radius 3 is 2.54 bits per heavy atom. The first-order chi connectivity index (χ1) is 12.5. The summed E-state index contributed by atoms with van der Waals surface area (Å²) in [5.41, 5.74) is 3.64. The molecule has 3 aromatic rings. The van der Waals surface area contributed by atoms with E-state index in [-0.39, 0.29) is 11.4 Å². The number of aromatic nitrogens is 4. The average Bonchev–Trinajstić information content (AvgIpc) is 3.36. The Balaban J connectivity index is 1.50. The molecule has 0 bridgehead atoms. The molecule has 7 heteroatoms. The summed E-state index contributed by atoms with van der Waals surface area (Å²) in [5.74, 6) is 2.33. The maximum atomic E-state index is 6.00. The fraction of sp³-hybridized carbons (Fsp3) is 0.368. The van der Waals surface area contributed by atoms with Gasteiger partial charge < -0.3 is 9.26 Å². The second kappa shape index (κ2) is 6.68. The third kappa shape index (κ3) is 3.42. The highest BCUT2D eigenvalue weighted by Gasteiger charge is 2.29. The highest BCUT2D eigenvalue weighted by Crippen LogP contribution is 2.39. The van der Waals surface area contributed by atoms with Crippen LogP contribution in [0.3, 0.4) is 0 Å². The molecule has 6 nitrogen and oxygen atoms in total. The molecule has 0 amide bonds. The smallest absolute Gasteiger partial charge is 0.230 e. The lowest BCUT2D eigenvalue weighted by molar-refractivity contribution is 0.215. The van der Waals surface area contributed by atoms with E-state index in [1.54, 1.807) is 0 Å². The molecule has 0 radical (unpaired) electrons. The molecule has 4 rings (SSSR count). The van der Waals surface area contributed by atoms with Crippen molar-refractivity contribution in [3.05, 3.63) is 52.3 Å². The summed E-state index contributed by atoms with van der Waals surface area (Å²) >= 11 is 5.94. The third-order valence-corrected chi connectivity index (χ3v) is 4.78. The fourth-order valence-corrected chi connectivity index (χ4v) is 2.88. The van der Waals surface area contributed by atoms with Crippen LogP contribution in [0.1, 0.15) is 54.5 Å². The zero-order valence-electron chi connectivity index (χ0n) is 14.9. The number of aryl methyl sites for hydroxylation is 1. The Hall–Kier alpha value is -2.47. The Bertz CT molecular complexity index is 935. The third-order valence-electron chi connectivity index (χ3n) is 4.61. The van der Waals surface area contributed by atoms with Crippen molar-refractivity contribution in [2.24, 2.45) is 0 Å². The lowest BCUT2D eigenvalue weighted by Gasteiger charge is -2.16. The SMILES string of the molecule is Cc1nc(Cl)nc(O[C@@H](C)c2ccc(-c3noc(C4CC4)n3)cc2)c1C. The number of hydrogen-bond donors (Lipinski definition) is 0. The largest absolute Gasteiger partial charge is 0.469 e. The van der Waals surface area contributed by atoms with E-state index in [1.165, 1.54) is 0 Å². The molecule has 0 spiro atoms. The second-order valence-corrected chi connectivity index (χ2v) is 6.96. The van der Waals surface area contributed by atoms with Crippen molar-refractivity contribution in [1.82, 2.24) is 20.1 Å². The van der Waals surface area contributed by atoms with Crippen molar-refractivity contribution in [1.29, 1.82) is 0 Å². The summed E-state index contributed by atoms with van der Waals surface area (Å²) in [5, 5.41) is 4.26. The van der Waals surface area contributed by atoms with Crippen molar-refractivity contribution >= 4 is 11.6 Å². The van der Waals surface area contributed by atoms with Gasteiger partial charge in [-0.3, -0.25) is 0 Å². The van der Waals surface area contributed by atoms with E-state index >= 15 is 0 Å². The van der Waals surface area contributed by atoms with Crippen molar-refractivity contribution in [2.45, 2.75) is 45.6 Å². The van der Waals surface area contributed by atoms with Gasteiger partial charge >= 0.3 is 0 Å². The van der Waals surface area contributed by atoms with Gasteiger partial charge in [0, 0.05) is 22.7 Å². The number of rotatable bonds is 5. The predicted molar refractivity (Wildman–Crippen MR) is 97.3 cm³/mol. The van der Waals surface area contributed by atoms with Crippen LogP contribution in [-0.4, -0.2) is 20.1 Å². The second-order valence-electron chi connectivity index (χ2n) is 6.62. The lowest BCUT2D eigenvalue weighted by atomic mass is 10.1. The Morgan fingerprint density at radius 1 is 1.12 bits per heavy atom. The van der Waals surface area contributed by atoms with E-state index in [0.29, 0.717) is 17.6 Å². The molecule has 1 aromatic carbocycles. The van der Waals surface area contributed by atoms with Crippen molar-refractivity contribution in [3.8, 4) is 17.3 Å². The van der Waals surface area contributed by atoms with Gasteiger partial charge in [0.2, 0.25) is 22.9 Å². The van der Waals surface area contributed by atoms with E-state index in [9.17, 15) is 0 Å². The van der Waals surface area contributed by atoms with Crippen LogP contribution < -0.4 is 4.74 Å². The molecule has 1 aliphatic carbocycles. The number of halogens is 1. The molecule has 1 aliphatic rings. The summed E-state index contributed by atoms with van der Waals surface area (Å²) in [7, 11) is 0. The number of benzene rings is 1. The van der Waals surface area contributed by atoms with Gasteiger partial charge in [-0.1, -0.05) is 29.4 Å². The van der Waals surface area contributed by atoms with Gasteiger partial charge in [-0.25, -0.2) is 4.98 Å². The van der Waals surface area contributed by atoms with Gasteiger partial charge in [-0.2, -0.15) is 9.97 Å². The Labute approximate surface area is 156 Å². The van der Waals surface area contributed by atoms with E-state index in [2.05, 4.69) is 20.1 Å². The minimum atomic E-state index is -0.180. The molecule has 1 fully saturated rings. The first-order valence-corrected chi connectivity index (χ1v) is 9.00. The summed E-state index contributed by atoms with van der Waals surface area (Å²) in [6.07, 6.45) is 2.10. The van der Waals surface area contributed by atoms with Crippen LogP contribution in [0.25, 0.3) is 11.4 Å². The van der Waals surface area contributed by atoms with Gasteiger partial charge in [0.25, 0.3) is 0 Å². The predicted octanol–water partition coefficient (Wildman–Crippen LogP) is 4.81. The molecule has 134 valence electrons. The highest BCUT2D eigenvalue weighted by molar-refractivity contribution is 6.28. The molecule has 26 heavy (non-hydrogen) atoms. The van der Waals surface area contributed by atoms with Crippen LogP contribution in [0.15, 0.2) is 28.8 Å². The molecule has 2 aromatic heterocycles. The monoisotopic (exact) mass is 370 g/mol. The molecule has 1 atom stereocenters. The van der Waals surface area contributed by atoms with E-state index < -0.39 is 0 Å². The normalized spacial score (nSPS) is 15.1. The molecule has 0 N–H and O–H groups in total. The average molecular weight is 371 g/mol. The summed E-state index contributed by atoms with van der Waals surface area (Å²) in [6, 6.07) is 7.94. The van der Waals surface area contributed by atoms with Crippen molar-refractivity contribution in [3.63, 3.8) is 0 Å². The Kier molecular flexibility index (Phi) is 4.36. The maximum Gasteiger partial charge on any atom is 0.230 e. The topological polar surface area (TPSA) is 73.9 Å². The van der Waals surface area contributed by atoms with Crippen LogP contribution >= 0.6 is 11.6 Å². The summed E-state index contributed by atoms with van der Waals surface area (Å²) in [4.78, 5) is 12.8. The summed E-state index contributed by atoms with van der Waals surface area (Å²) < 4.78 is 11.3. The molecular weight excluding hydrogens is 352 g/mol. The molecular formula is C19H19ClN4O2. The zero-order chi connectivity index (χ0) is 18.3. The van der Waals surface area contributed by atoms with Gasteiger partial charge in [-0.15, -0.1) is 0 Å². The van der Waals surface area contributed by atoms with E-state index in [4.69, 9.17) is 20.9 Å². The van der Waals surface area contributed by atoms with E-state index in [0.717, 1.165) is 41.1 Å². The number of nitrogens with zero attached hydrogens (tertiary/aromatic N) is 4.